The van der Waals surface area contributed by atoms with Crippen molar-refractivity contribution in [2.24, 2.45) is 0 Å². The van der Waals surface area contributed by atoms with E-state index in [1.807, 2.05) is 0 Å². The fourth-order valence-electron chi connectivity index (χ4n) is 2.62. The van der Waals surface area contributed by atoms with E-state index >= 15 is 0 Å². The van der Waals surface area contributed by atoms with Crippen LogP contribution in [-0.4, -0.2) is 5.88 Å². The highest BCUT2D eigenvalue weighted by molar-refractivity contribution is 7.79. The lowest BCUT2D eigenvalue weighted by atomic mass is 10.2. The molecule has 0 aromatic heterocycles. The summed E-state index contributed by atoms with van der Waals surface area (Å²) >= 11 is 6.01. The molecule has 0 saturated carbocycles. The van der Waals surface area contributed by atoms with E-state index in [9.17, 15) is 0 Å². The van der Waals surface area contributed by atoms with Gasteiger partial charge in [0.1, 0.15) is 0 Å². The lowest BCUT2D eigenvalue weighted by Crippen LogP contribution is -2.23. The largest absolute Gasteiger partial charge is 0.126 e. The van der Waals surface area contributed by atoms with Gasteiger partial charge in [-0.1, -0.05) is 84.9 Å². The average Bonchev–Trinajstić information content (AvgIpc) is 2.59. The maximum absolute atomic E-state index is 6.01. The molecule has 0 heterocycles. The Labute approximate surface area is 138 Å². The highest BCUT2D eigenvalue weighted by Crippen LogP contribution is 2.34. The Kier molecular flexibility index (Phi) is 5.27. The fourth-order valence-corrected chi connectivity index (χ4v) is 5.33. The molecule has 0 N–H and O–H groups in total. The van der Waals surface area contributed by atoms with Crippen LogP contribution in [0.25, 0.3) is 0 Å². The third kappa shape index (κ3) is 3.40. The molecule has 110 valence electrons. The number of hydrogen-bond donors (Lipinski definition) is 0. The third-order valence-corrected chi connectivity index (χ3v) is 6.36. The van der Waals surface area contributed by atoms with Crippen molar-refractivity contribution in [3.05, 3.63) is 90.5 Å². The maximum atomic E-state index is 6.01. The van der Waals surface area contributed by atoms with Crippen LogP contribution < -0.4 is 15.9 Å². The van der Waals surface area contributed by atoms with Gasteiger partial charge in [0, 0.05) is 5.88 Å². The standard InChI is InChI=1S/C20H18ClP/c21-16-15-17-9-7-8-14-20(17)22(18-10-3-1-4-11-18)19-12-5-2-6-13-19/h1-14H,15-16H2. The molecular formula is C20H18ClP. The van der Waals surface area contributed by atoms with Crippen molar-refractivity contribution in [3.63, 3.8) is 0 Å². The van der Waals surface area contributed by atoms with E-state index in [0.717, 1.165) is 6.42 Å². The first kappa shape index (κ1) is 15.3. The SMILES string of the molecule is ClCCc1ccccc1P(c1ccccc1)c1ccccc1. The molecule has 3 aromatic carbocycles. The molecule has 0 aliphatic heterocycles. The zero-order valence-electron chi connectivity index (χ0n) is 12.3. The molecular weight excluding hydrogens is 307 g/mol. The highest BCUT2D eigenvalue weighted by Gasteiger charge is 2.18. The number of hydrogen-bond acceptors (Lipinski definition) is 0. The molecule has 0 atom stereocenters. The van der Waals surface area contributed by atoms with Crippen molar-refractivity contribution in [2.45, 2.75) is 6.42 Å². The van der Waals surface area contributed by atoms with Crippen molar-refractivity contribution < 1.29 is 0 Å². The minimum atomic E-state index is -0.537. The predicted molar refractivity (Wildman–Crippen MR) is 99.6 cm³/mol. The number of aryl methyl sites for hydroxylation is 1. The van der Waals surface area contributed by atoms with Crippen LogP contribution in [0.2, 0.25) is 0 Å². The quantitative estimate of drug-likeness (QED) is 0.487. The van der Waals surface area contributed by atoms with Gasteiger partial charge in [-0.15, -0.1) is 11.6 Å². The van der Waals surface area contributed by atoms with Crippen LogP contribution in [0.3, 0.4) is 0 Å². The van der Waals surface area contributed by atoms with E-state index in [2.05, 4.69) is 84.9 Å². The van der Waals surface area contributed by atoms with Gasteiger partial charge in [-0.3, -0.25) is 0 Å². The molecule has 0 fully saturated rings. The molecule has 22 heavy (non-hydrogen) atoms. The molecule has 2 heteroatoms. The molecule has 3 rings (SSSR count). The number of benzene rings is 3. The van der Waals surface area contributed by atoms with E-state index in [1.54, 1.807) is 0 Å². The van der Waals surface area contributed by atoms with Crippen LogP contribution >= 0.6 is 19.5 Å². The van der Waals surface area contributed by atoms with Crippen molar-refractivity contribution in [1.82, 2.24) is 0 Å². The van der Waals surface area contributed by atoms with Crippen LogP contribution in [0.5, 0.6) is 0 Å². The maximum Gasteiger partial charge on any atom is 0.0264 e. The summed E-state index contributed by atoms with van der Waals surface area (Å²) < 4.78 is 0. The summed E-state index contributed by atoms with van der Waals surface area (Å²) in [5.74, 6) is 0.657. The summed E-state index contributed by atoms with van der Waals surface area (Å²) in [6, 6.07) is 30.3. The summed E-state index contributed by atoms with van der Waals surface area (Å²) in [7, 11) is -0.537. The molecule has 0 aliphatic rings. The Balaban J connectivity index is 2.15. The number of halogens is 1. The Bertz CT molecular complexity index is 671. The summed E-state index contributed by atoms with van der Waals surface area (Å²) in [6.07, 6.45) is 0.913. The highest BCUT2D eigenvalue weighted by atomic mass is 35.5. The van der Waals surface area contributed by atoms with Crippen LogP contribution in [0, 0.1) is 0 Å². The second-order valence-corrected chi connectivity index (χ2v) is 7.64. The van der Waals surface area contributed by atoms with Crippen LogP contribution in [0.15, 0.2) is 84.9 Å². The molecule has 0 bridgehead atoms. The van der Waals surface area contributed by atoms with Gasteiger partial charge < -0.3 is 0 Å². The van der Waals surface area contributed by atoms with Gasteiger partial charge in [0.05, 0.1) is 0 Å². The second-order valence-electron chi connectivity index (χ2n) is 5.07. The third-order valence-electron chi connectivity index (χ3n) is 3.63. The zero-order chi connectivity index (χ0) is 15.2. The summed E-state index contributed by atoms with van der Waals surface area (Å²) in [5, 5.41) is 4.17. The topological polar surface area (TPSA) is 0 Å². The van der Waals surface area contributed by atoms with E-state index < -0.39 is 7.92 Å². The second kappa shape index (κ2) is 7.58. The lowest BCUT2D eigenvalue weighted by Gasteiger charge is -2.22. The lowest BCUT2D eigenvalue weighted by molar-refractivity contribution is 1.16. The summed E-state index contributed by atoms with van der Waals surface area (Å²) in [4.78, 5) is 0. The van der Waals surface area contributed by atoms with Gasteiger partial charge in [-0.05, 0) is 35.8 Å². The molecule has 0 unspecified atom stereocenters. The normalized spacial score (nSPS) is 10.8. The molecule has 0 nitrogen and oxygen atoms in total. The van der Waals surface area contributed by atoms with E-state index in [-0.39, 0.29) is 0 Å². The molecule has 0 amide bonds. The first-order valence-corrected chi connectivity index (χ1v) is 9.32. The molecule has 0 saturated heterocycles. The Morgan fingerprint density at radius 2 is 1.14 bits per heavy atom. The van der Waals surface area contributed by atoms with Crippen LogP contribution in [-0.2, 0) is 6.42 Å². The minimum Gasteiger partial charge on any atom is -0.126 e. The summed E-state index contributed by atoms with van der Waals surface area (Å²) in [6.45, 7) is 0. The van der Waals surface area contributed by atoms with Crippen LogP contribution in [0.1, 0.15) is 5.56 Å². The fraction of sp³-hybridized carbons (Fsp3) is 0.100. The Hall–Kier alpha value is -1.62. The zero-order valence-corrected chi connectivity index (χ0v) is 14.0. The van der Waals surface area contributed by atoms with Gasteiger partial charge >= 0.3 is 0 Å². The van der Waals surface area contributed by atoms with Gasteiger partial charge in [0.25, 0.3) is 0 Å². The number of alkyl halides is 1. The van der Waals surface area contributed by atoms with Crippen molar-refractivity contribution in [3.8, 4) is 0 Å². The predicted octanol–water partition coefficient (Wildman–Crippen LogP) is 4.23. The van der Waals surface area contributed by atoms with Crippen molar-refractivity contribution in [1.29, 1.82) is 0 Å². The van der Waals surface area contributed by atoms with Gasteiger partial charge in [-0.2, -0.15) is 0 Å². The van der Waals surface area contributed by atoms with Crippen LogP contribution in [0.4, 0.5) is 0 Å². The minimum absolute atomic E-state index is 0.537. The molecule has 3 aromatic rings. The monoisotopic (exact) mass is 324 g/mol. The molecule has 0 radical (unpaired) electrons. The average molecular weight is 325 g/mol. The molecule has 0 spiro atoms. The van der Waals surface area contributed by atoms with Crippen molar-refractivity contribution >= 4 is 35.4 Å². The first-order valence-electron chi connectivity index (χ1n) is 7.44. The van der Waals surface area contributed by atoms with E-state index in [4.69, 9.17) is 11.6 Å². The first-order chi connectivity index (χ1) is 10.9. The smallest absolute Gasteiger partial charge is 0.0264 e. The van der Waals surface area contributed by atoms with Crippen molar-refractivity contribution in [2.75, 3.05) is 5.88 Å². The molecule has 0 aliphatic carbocycles. The van der Waals surface area contributed by atoms with Gasteiger partial charge in [0.15, 0.2) is 0 Å². The van der Waals surface area contributed by atoms with E-state index in [1.165, 1.54) is 21.5 Å². The van der Waals surface area contributed by atoms with Gasteiger partial charge in [-0.25, -0.2) is 0 Å². The van der Waals surface area contributed by atoms with E-state index in [0.29, 0.717) is 5.88 Å². The summed E-state index contributed by atoms with van der Waals surface area (Å²) in [5.41, 5.74) is 1.36. The Morgan fingerprint density at radius 3 is 1.68 bits per heavy atom. The van der Waals surface area contributed by atoms with Gasteiger partial charge in [0.2, 0.25) is 0 Å². The Morgan fingerprint density at radius 1 is 0.636 bits per heavy atom. The number of rotatable bonds is 5.